The fourth-order valence-corrected chi connectivity index (χ4v) is 3.51. The third-order valence-electron chi connectivity index (χ3n) is 5.31. The second-order valence-electron chi connectivity index (χ2n) is 7.73. The number of carbonyl (C=O) groups is 2. The number of nitrogens with zero attached hydrogens (tertiary/aromatic N) is 1. The summed E-state index contributed by atoms with van der Waals surface area (Å²) in [7, 11) is 0. The molecule has 1 aliphatic rings. The lowest BCUT2D eigenvalue weighted by Crippen LogP contribution is -2.55. The molecule has 168 valence electrons. The Morgan fingerprint density at radius 1 is 1.12 bits per heavy atom. The van der Waals surface area contributed by atoms with E-state index in [1.807, 2.05) is 18.2 Å². The molecule has 2 heterocycles. The standard InChI is InChI=1S/C22H21F3N4O3/c23-22(24,25)16-2-4-17(5-3-16)32-12-14-10-29(11-14)21(31)27-9-13-1-6-18-15(7-13)8-19(28-18)20(26)30/h1-8,14,28H,9-12H2,(H2,26,30)(H,27,31). The number of nitrogens with one attached hydrogen (secondary N) is 2. The number of hydrogen-bond donors (Lipinski definition) is 3. The number of fused-ring (bicyclic) bond motifs is 1. The minimum absolute atomic E-state index is 0.117. The SMILES string of the molecule is NC(=O)c1cc2cc(CNC(=O)N3CC(COc4ccc(C(F)(F)F)cc4)C3)ccc2[nH]1. The van der Waals surface area contributed by atoms with Gasteiger partial charge in [-0.3, -0.25) is 4.79 Å². The molecule has 3 aromatic rings. The number of carbonyl (C=O) groups excluding carboxylic acids is 2. The van der Waals surface area contributed by atoms with Crippen LogP contribution in [0.5, 0.6) is 5.75 Å². The van der Waals surface area contributed by atoms with Crippen LogP contribution in [0.25, 0.3) is 10.9 Å². The first kappa shape index (κ1) is 21.5. The summed E-state index contributed by atoms with van der Waals surface area (Å²) in [5.74, 6) is -0.0577. The fraction of sp³-hybridized carbons (Fsp3) is 0.273. The van der Waals surface area contributed by atoms with Crippen molar-refractivity contribution in [2.75, 3.05) is 19.7 Å². The normalized spacial score (nSPS) is 14.3. The largest absolute Gasteiger partial charge is 0.493 e. The maximum absolute atomic E-state index is 12.6. The fourth-order valence-electron chi connectivity index (χ4n) is 3.51. The highest BCUT2D eigenvalue weighted by molar-refractivity contribution is 5.97. The molecule has 0 radical (unpaired) electrons. The Morgan fingerprint density at radius 2 is 1.84 bits per heavy atom. The van der Waals surface area contributed by atoms with Gasteiger partial charge in [-0.05, 0) is 48.0 Å². The van der Waals surface area contributed by atoms with Crippen molar-refractivity contribution in [3.63, 3.8) is 0 Å². The molecule has 1 aromatic heterocycles. The molecule has 0 spiro atoms. The number of benzene rings is 2. The zero-order chi connectivity index (χ0) is 22.9. The first-order chi connectivity index (χ1) is 15.2. The third-order valence-corrected chi connectivity index (χ3v) is 5.31. The van der Waals surface area contributed by atoms with Crippen LogP contribution in [-0.2, 0) is 12.7 Å². The Bertz CT molecular complexity index is 1140. The summed E-state index contributed by atoms with van der Waals surface area (Å²) in [4.78, 5) is 28.1. The number of ether oxygens (including phenoxy) is 1. The Labute approximate surface area is 181 Å². The first-order valence-electron chi connectivity index (χ1n) is 9.93. The van der Waals surface area contributed by atoms with Crippen LogP contribution in [0.3, 0.4) is 0 Å². The van der Waals surface area contributed by atoms with Gasteiger partial charge >= 0.3 is 12.2 Å². The Hall–Kier alpha value is -3.69. The van der Waals surface area contributed by atoms with E-state index in [2.05, 4.69) is 10.3 Å². The maximum Gasteiger partial charge on any atom is 0.416 e. The summed E-state index contributed by atoms with van der Waals surface area (Å²) in [5.41, 5.74) is 6.54. The van der Waals surface area contributed by atoms with E-state index in [1.54, 1.807) is 11.0 Å². The van der Waals surface area contributed by atoms with Gasteiger partial charge in [0.25, 0.3) is 5.91 Å². The highest BCUT2D eigenvalue weighted by Gasteiger charge is 2.32. The van der Waals surface area contributed by atoms with Crippen LogP contribution in [-0.4, -0.2) is 41.5 Å². The molecule has 10 heteroatoms. The molecule has 4 N–H and O–H groups in total. The molecule has 0 unspecified atom stereocenters. The van der Waals surface area contributed by atoms with Gasteiger partial charge in [0.2, 0.25) is 0 Å². The van der Waals surface area contributed by atoms with E-state index < -0.39 is 17.6 Å². The number of amides is 3. The minimum Gasteiger partial charge on any atom is -0.493 e. The van der Waals surface area contributed by atoms with E-state index in [-0.39, 0.29) is 11.9 Å². The van der Waals surface area contributed by atoms with Gasteiger partial charge in [-0.15, -0.1) is 0 Å². The van der Waals surface area contributed by atoms with E-state index in [1.165, 1.54) is 12.1 Å². The van der Waals surface area contributed by atoms with Crippen LogP contribution in [0.1, 0.15) is 21.6 Å². The van der Waals surface area contributed by atoms with Gasteiger partial charge < -0.3 is 25.7 Å². The number of primary amides is 1. The maximum atomic E-state index is 12.6. The number of urea groups is 1. The molecule has 1 aliphatic heterocycles. The quantitative estimate of drug-likeness (QED) is 0.540. The zero-order valence-corrected chi connectivity index (χ0v) is 16.9. The summed E-state index contributed by atoms with van der Waals surface area (Å²) in [6.45, 7) is 1.66. The average Bonchev–Trinajstić information content (AvgIpc) is 3.14. The average molecular weight is 446 g/mol. The molecule has 2 aromatic carbocycles. The van der Waals surface area contributed by atoms with Crippen LogP contribution in [0.15, 0.2) is 48.5 Å². The summed E-state index contributed by atoms with van der Waals surface area (Å²) < 4.78 is 43.3. The van der Waals surface area contributed by atoms with Gasteiger partial charge in [0.15, 0.2) is 0 Å². The molecular weight excluding hydrogens is 425 g/mol. The summed E-state index contributed by atoms with van der Waals surface area (Å²) in [5, 5.41) is 3.68. The molecule has 0 bridgehead atoms. The Balaban J connectivity index is 1.21. The van der Waals surface area contributed by atoms with Crippen LogP contribution < -0.4 is 15.8 Å². The Kier molecular flexibility index (Phi) is 5.68. The number of aromatic nitrogens is 1. The predicted molar refractivity (Wildman–Crippen MR) is 111 cm³/mol. The van der Waals surface area contributed by atoms with Crippen molar-refractivity contribution >= 4 is 22.8 Å². The molecule has 4 rings (SSSR count). The van der Waals surface area contributed by atoms with E-state index >= 15 is 0 Å². The number of hydrogen-bond acceptors (Lipinski definition) is 3. The summed E-state index contributed by atoms with van der Waals surface area (Å²) >= 11 is 0. The van der Waals surface area contributed by atoms with E-state index in [0.717, 1.165) is 28.6 Å². The topological polar surface area (TPSA) is 100 Å². The van der Waals surface area contributed by atoms with Gasteiger partial charge in [-0.2, -0.15) is 13.2 Å². The monoisotopic (exact) mass is 446 g/mol. The number of aromatic amines is 1. The van der Waals surface area contributed by atoms with Crippen molar-refractivity contribution in [1.82, 2.24) is 15.2 Å². The number of likely N-dealkylation sites (tertiary alicyclic amines) is 1. The molecule has 7 nitrogen and oxygen atoms in total. The second kappa shape index (κ2) is 8.45. The smallest absolute Gasteiger partial charge is 0.416 e. The molecule has 0 aliphatic carbocycles. The number of rotatable bonds is 6. The molecule has 0 atom stereocenters. The summed E-state index contributed by atoms with van der Waals surface area (Å²) in [6, 6.07) is 11.5. The lowest BCUT2D eigenvalue weighted by Gasteiger charge is -2.38. The van der Waals surface area contributed by atoms with E-state index in [0.29, 0.717) is 37.7 Å². The van der Waals surface area contributed by atoms with Gasteiger partial charge in [-0.25, -0.2) is 4.79 Å². The second-order valence-corrected chi connectivity index (χ2v) is 7.73. The number of nitrogens with two attached hydrogens (primary N) is 1. The summed E-state index contributed by atoms with van der Waals surface area (Å²) in [6.07, 6.45) is -4.37. The minimum atomic E-state index is -4.37. The van der Waals surface area contributed by atoms with Crippen LogP contribution in [0, 0.1) is 5.92 Å². The Morgan fingerprint density at radius 3 is 2.50 bits per heavy atom. The zero-order valence-electron chi connectivity index (χ0n) is 16.9. The van der Waals surface area contributed by atoms with Crippen molar-refractivity contribution in [2.24, 2.45) is 11.7 Å². The molecule has 1 fully saturated rings. The van der Waals surface area contributed by atoms with Crippen molar-refractivity contribution in [1.29, 1.82) is 0 Å². The lowest BCUT2D eigenvalue weighted by atomic mass is 10.0. The van der Waals surface area contributed by atoms with Crippen LogP contribution in [0.4, 0.5) is 18.0 Å². The van der Waals surface area contributed by atoms with Gasteiger partial charge in [0, 0.05) is 36.5 Å². The number of H-pyrrole nitrogens is 1. The molecular formula is C22H21F3N4O3. The third kappa shape index (κ3) is 4.79. The predicted octanol–water partition coefficient (Wildman–Crippen LogP) is 3.51. The van der Waals surface area contributed by atoms with Gasteiger partial charge in [0.05, 0.1) is 12.2 Å². The van der Waals surface area contributed by atoms with E-state index in [9.17, 15) is 22.8 Å². The van der Waals surface area contributed by atoms with Crippen LogP contribution >= 0.6 is 0 Å². The lowest BCUT2D eigenvalue weighted by molar-refractivity contribution is -0.137. The highest BCUT2D eigenvalue weighted by atomic mass is 19.4. The van der Waals surface area contributed by atoms with Crippen molar-refractivity contribution in [3.8, 4) is 5.75 Å². The molecule has 32 heavy (non-hydrogen) atoms. The van der Waals surface area contributed by atoms with Crippen molar-refractivity contribution < 1.29 is 27.5 Å². The van der Waals surface area contributed by atoms with Crippen LogP contribution in [0.2, 0.25) is 0 Å². The molecule has 0 saturated carbocycles. The number of alkyl halides is 3. The number of halogens is 3. The molecule has 3 amide bonds. The first-order valence-corrected chi connectivity index (χ1v) is 9.93. The van der Waals surface area contributed by atoms with Crippen molar-refractivity contribution in [2.45, 2.75) is 12.7 Å². The van der Waals surface area contributed by atoms with E-state index in [4.69, 9.17) is 10.5 Å². The van der Waals surface area contributed by atoms with Crippen molar-refractivity contribution in [3.05, 3.63) is 65.4 Å². The van der Waals surface area contributed by atoms with Gasteiger partial charge in [-0.1, -0.05) is 6.07 Å². The molecule has 1 saturated heterocycles. The van der Waals surface area contributed by atoms with Gasteiger partial charge in [0.1, 0.15) is 11.4 Å². The highest BCUT2D eigenvalue weighted by Crippen LogP contribution is 2.30.